The number of carbonyl (C=O) groups excluding carboxylic acids is 1. The van der Waals surface area contributed by atoms with Crippen LogP contribution < -0.4 is 10.5 Å². The van der Waals surface area contributed by atoms with E-state index >= 15 is 0 Å². The van der Waals surface area contributed by atoms with E-state index in [0.717, 1.165) is 0 Å². The van der Waals surface area contributed by atoms with Crippen LogP contribution in [0, 0.1) is 0 Å². The summed E-state index contributed by atoms with van der Waals surface area (Å²) in [6.45, 7) is 1.78. The van der Waals surface area contributed by atoms with Gasteiger partial charge in [0, 0.05) is 13.1 Å². The molecule has 0 saturated heterocycles. The summed E-state index contributed by atoms with van der Waals surface area (Å²) in [5, 5.41) is 0.586. The number of ether oxygens (including phenoxy) is 1. The molecule has 0 radical (unpaired) electrons. The molecule has 23 heavy (non-hydrogen) atoms. The fourth-order valence-corrected chi connectivity index (χ4v) is 3.12. The van der Waals surface area contributed by atoms with Gasteiger partial charge < -0.3 is 10.5 Å². The van der Waals surface area contributed by atoms with E-state index in [1.165, 1.54) is 11.1 Å². The van der Waals surface area contributed by atoms with E-state index in [1.807, 2.05) is 30.3 Å². The van der Waals surface area contributed by atoms with E-state index in [2.05, 4.69) is 17.0 Å². The van der Waals surface area contributed by atoms with Gasteiger partial charge in [0.2, 0.25) is 5.91 Å². The summed E-state index contributed by atoms with van der Waals surface area (Å²) in [6.07, 6.45) is 0.650. The first kappa shape index (κ1) is 15.8. The number of rotatable bonds is 5. The van der Waals surface area contributed by atoms with E-state index in [4.69, 9.17) is 22.1 Å². The number of benzene rings is 2. The third-order valence-electron chi connectivity index (χ3n) is 4.15. The van der Waals surface area contributed by atoms with Crippen LogP contribution in [-0.4, -0.2) is 30.0 Å². The summed E-state index contributed by atoms with van der Waals surface area (Å²) in [7, 11) is 0. The Labute approximate surface area is 140 Å². The van der Waals surface area contributed by atoms with Crippen LogP contribution in [0.3, 0.4) is 0 Å². The quantitative estimate of drug-likeness (QED) is 0.917. The summed E-state index contributed by atoms with van der Waals surface area (Å²) >= 11 is 6.08. The lowest BCUT2D eigenvalue weighted by atomic mass is 9.93. The Morgan fingerprint density at radius 2 is 1.87 bits per heavy atom. The van der Waals surface area contributed by atoms with Gasteiger partial charge in [0.1, 0.15) is 12.4 Å². The van der Waals surface area contributed by atoms with Crippen molar-refractivity contribution in [2.45, 2.75) is 19.0 Å². The van der Waals surface area contributed by atoms with Crippen LogP contribution in [-0.2, 0) is 17.8 Å². The van der Waals surface area contributed by atoms with Crippen molar-refractivity contribution >= 4 is 17.5 Å². The molecular weight excluding hydrogens is 312 g/mol. The summed E-state index contributed by atoms with van der Waals surface area (Å²) in [4.78, 5) is 13.9. The highest BCUT2D eigenvalue weighted by Crippen LogP contribution is 2.25. The molecule has 0 bridgehead atoms. The van der Waals surface area contributed by atoms with E-state index in [0.29, 0.717) is 36.9 Å². The molecule has 0 saturated carbocycles. The van der Waals surface area contributed by atoms with Crippen molar-refractivity contribution in [3.63, 3.8) is 0 Å². The first-order valence-corrected chi connectivity index (χ1v) is 8.00. The number of nitrogens with two attached hydrogens (primary N) is 1. The largest absolute Gasteiger partial charge is 0.491 e. The zero-order valence-corrected chi connectivity index (χ0v) is 13.5. The van der Waals surface area contributed by atoms with Gasteiger partial charge in [-0.1, -0.05) is 48.0 Å². The van der Waals surface area contributed by atoms with Crippen LogP contribution in [0.1, 0.15) is 11.1 Å². The lowest BCUT2D eigenvalue weighted by molar-refractivity contribution is -0.123. The molecule has 5 heteroatoms. The van der Waals surface area contributed by atoms with E-state index in [9.17, 15) is 4.79 Å². The fraction of sp³-hybridized carbons (Fsp3) is 0.278. The number of halogens is 1. The Hall–Kier alpha value is -2.04. The predicted octanol–water partition coefficient (Wildman–Crippen LogP) is 2.63. The van der Waals surface area contributed by atoms with Gasteiger partial charge in [-0.05, 0) is 29.7 Å². The van der Waals surface area contributed by atoms with Crippen molar-refractivity contribution in [2.24, 2.45) is 5.73 Å². The second-order valence-electron chi connectivity index (χ2n) is 5.64. The molecule has 1 amide bonds. The van der Waals surface area contributed by atoms with Gasteiger partial charge in [-0.25, -0.2) is 0 Å². The maximum absolute atomic E-state index is 11.8. The number of hydrogen-bond acceptors (Lipinski definition) is 3. The number of fused-ring (bicyclic) bond motifs is 1. The van der Waals surface area contributed by atoms with Crippen molar-refractivity contribution < 1.29 is 9.53 Å². The minimum atomic E-state index is -0.294. The zero-order chi connectivity index (χ0) is 16.2. The third kappa shape index (κ3) is 3.66. The predicted molar refractivity (Wildman–Crippen MR) is 90.5 cm³/mol. The molecule has 0 spiro atoms. The zero-order valence-electron chi connectivity index (χ0n) is 12.7. The number of carbonyl (C=O) groups is 1. The van der Waals surface area contributed by atoms with Crippen LogP contribution in [0.25, 0.3) is 0 Å². The molecule has 0 fully saturated rings. The second kappa shape index (κ2) is 7.02. The van der Waals surface area contributed by atoms with Crippen LogP contribution in [0.2, 0.25) is 5.02 Å². The molecule has 2 aromatic carbocycles. The molecule has 0 aromatic heterocycles. The Bertz CT molecular complexity index is 705. The van der Waals surface area contributed by atoms with Crippen molar-refractivity contribution in [3.8, 4) is 5.75 Å². The van der Waals surface area contributed by atoms with Crippen LogP contribution >= 0.6 is 11.6 Å². The van der Waals surface area contributed by atoms with E-state index in [1.54, 1.807) is 6.07 Å². The molecule has 1 aliphatic heterocycles. The van der Waals surface area contributed by atoms with Gasteiger partial charge in [-0.15, -0.1) is 0 Å². The molecule has 4 nitrogen and oxygen atoms in total. The van der Waals surface area contributed by atoms with Gasteiger partial charge in [-0.2, -0.15) is 0 Å². The molecule has 3 rings (SSSR count). The summed E-state index contributed by atoms with van der Waals surface area (Å²) < 4.78 is 5.73. The highest BCUT2D eigenvalue weighted by molar-refractivity contribution is 6.32. The molecule has 2 aromatic rings. The Morgan fingerprint density at radius 3 is 2.61 bits per heavy atom. The number of primary amides is 1. The fourth-order valence-electron chi connectivity index (χ4n) is 2.93. The summed E-state index contributed by atoms with van der Waals surface area (Å²) in [5.74, 6) is 0.361. The molecule has 0 unspecified atom stereocenters. The van der Waals surface area contributed by atoms with Crippen LogP contribution in [0.4, 0.5) is 0 Å². The third-order valence-corrected chi connectivity index (χ3v) is 4.46. The van der Waals surface area contributed by atoms with Crippen LogP contribution in [0.5, 0.6) is 5.75 Å². The van der Waals surface area contributed by atoms with Crippen LogP contribution in [0.15, 0.2) is 48.5 Å². The van der Waals surface area contributed by atoms with E-state index < -0.39 is 0 Å². The minimum absolute atomic E-state index is 0.292. The summed E-state index contributed by atoms with van der Waals surface area (Å²) in [6, 6.07) is 15.2. The molecule has 0 aliphatic carbocycles. The molecule has 1 aliphatic rings. The van der Waals surface area contributed by atoms with Gasteiger partial charge in [-0.3, -0.25) is 9.69 Å². The standard InChI is InChI=1S/C18H19ClN2O2/c19-15-7-3-4-8-17(15)23-10-9-21-12-14-6-2-1-5-13(14)11-16(21)18(20)22/h1-8,16H,9-12H2,(H2,20,22)/t16-/m0/s1. The smallest absolute Gasteiger partial charge is 0.235 e. The Balaban J connectivity index is 1.66. The van der Waals surface area contributed by atoms with Gasteiger partial charge in [0.25, 0.3) is 0 Å². The maximum atomic E-state index is 11.8. The molecule has 1 heterocycles. The molecule has 1 atom stereocenters. The van der Waals surface area contributed by atoms with Gasteiger partial charge in [0.15, 0.2) is 0 Å². The molecule has 2 N–H and O–H groups in total. The number of amides is 1. The Kier molecular flexibility index (Phi) is 4.84. The normalized spacial score (nSPS) is 17.5. The lowest BCUT2D eigenvalue weighted by Crippen LogP contribution is -2.49. The number of para-hydroxylation sites is 1. The average molecular weight is 331 g/mol. The SMILES string of the molecule is NC(=O)[C@@H]1Cc2ccccc2CN1CCOc1ccccc1Cl. The number of nitrogens with zero attached hydrogens (tertiary/aromatic N) is 1. The van der Waals surface area contributed by atoms with Crippen molar-refractivity contribution in [1.82, 2.24) is 4.90 Å². The molecule has 120 valence electrons. The average Bonchev–Trinajstić information content (AvgIpc) is 2.56. The topological polar surface area (TPSA) is 55.6 Å². The van der Waals surface area contributed by atoms with Crippen molar-refractivity contribution in [3.05, 3.63) is 64.7 Å². The highest BCUT2D eigenvalue weighted by atomic mass is 35.5. The van der Waals surface area contributed by atoms with E-state index in [-0.39, 0.29) is 11.9 Å². The Morgan fingerprint density at radius 1 is 1.17 bits per heavy atom. The summed E-state index contributed by atoms with van der Waals surface area (Å²) in [5.41, 5.74) is 8.01. The maximum Gasteiger partial charge on any atom is 0.235 e. The highest BCUT2D eigenvalue weighted by Gasteiger charge is 2.29. The van der Waals surface area contributed by atoms with Gasteiger partial charge >= 0.3 is 0 Å². The first-order valence-electron chi connectivity index (χ1n) is 7.62. The second-order valence-corrected chi connectivity index (χ2v) is 6.05. The minimum Gasteiger partial charge on any atom is -0.491 e. The van der Waals surface area contributed by atoms with Crippen molar-refractivity contribution in [1.29, 1.82) is 0 Å². The van der Waals surface area contributed by atoms with Crippen molar-refractivity contribution in [2.75, 3.05) is 13.2 Å². The number of hydrogen-bond donors (Lipinski definition) is 1. The monoisotopic (exact) mass is 330 g/mol. The molecular formula is C18H19ClN2O2. The lowest BCUT2D eigenvalue weighted by Gasteiger charge is -2.34. The van der Waals surface area contributed by atoms with Gasteiger partial charge in [0.05, 0.1) is 11.1 Å². The first-order chi connectivity index (χ1) is 11.1.